The molecule has 0 spiro atoms. The maximum Gasteiger partial charge on any atom is 0.339 e. The maximum absolute atomic E-state index is 12.7. The van der Waals surface area contributed by atoms with Crippen LogP contribution in [0.4, 0.5) is 5.69 Å². The first-order valence-corrected chi connectivity index (χ1v) is 12.7. The van der Waals surface area contributed by atoms with Crippen LogP contribution in [-0.4, -0.2) is 20.9 Å². The Labute approximate surface area is 216 Å². The summed E-state index contributed by atoms with van der Waals surface area (Å²) in [5, 5.41) is 12.1. The molecule has 0 saturated heterocycles. The fourth-order valence-corrected chi connectivity index (χ4v) is 4.45. The van der Waals surface area contributed by atoms with Gasteiger partial charge in [0.2, 0.25) is 5.75 Å². The summed E-state index contributed by atoms with van der Waals surface area (Å²) in [6, 6.07) is 19.4. The van der Waals surface area contributed by atoms with E-state index in [0.29, 0.717) is 11.3 Å². The lowest BCUT2D eigenvalue weighted by Crippen LogP contribution is -2.13. The predicted octanol–water partition coefficient (Wildman–Crippen LogP) is 5.66. The summed E-state index contributed by atoms with van der Waals surface area (Å²) >= 11 is 8.48. The van der Waals surface area contributed by atoms with Crippen molar-refractivity contribution in [2.24, 2.45) is 0 Å². The molecule has 34 heavy (non-hydrogen) atoms. The second-order valence-corrected chi connectivity index (χ2v) is 9.94. The average Bonchev–Trinajstić information content (AvgIpc) is 2.82. The summed E-state index contributed by atoms with van der Waals surface area (Å²) in [4.78, 5) is 12.5. The molecule has 0 radical (unpaired) electrons. The average molecular weight is 609 g/mol. The predicted molar refractivity (Wildman–Crippen MR) is 138 cm³/mol. The summed E-state index contributed by atoms with van der Waals surface area (Å²) in [6.45, 7) is 1.91. The number of carbonyl (C=O) groups excluding carboxylic acids is 1. The maximum atomic E-state index is 12.7. The molecule has 0 heterocycles. The number of ether oxygens (including phenoxy) is 1. The van der Waals surface area contributed by atoms with Crippen molar-refractivity contribution < 1.29 is 22.1 Å². The van der Waals surface area contributed by atoms with Gasteiger partial charge in [-0.1, -0.05) is 29.8 Å². The minimum Gasteiger partial charge on any atom is -0.490 e. The van der Waals surface area contributed by atoms with Gasteiger partial charge < -0.3 is 14.2 Å². The molecule has 0 bridgehead atoms. The van der Waals surface area contributed by atoms with Gasteiger partial charge in [-0.05, 0) is 89.7 Å². The number of hydrogen-bond acceptors (Lipinski definition) is 6. The third kappa shape index (κ3) is 6.50. The van der Waals surface area contributed by atoms with Gasteiger partial charge >= 0.3 is 10.1 Å². The van der Waals surface area contributed by atoms with Crippen LogP contribution in [0.25, 0.3) is 6.08 Å². The summed E-state index contributed by atoms with van der Waals surface area (Å²) in [6.07, 6.45) is 1.33. The lowest BCUT2D eigenvalue weighted by Gasteiger charge is -2.14. The number of amides is 1. The number of nitriles is 1. The molecular weight excluding hydrogens is 591 g/mol. The highest BCUT2D eigenvalue weighted by molar-refractivity contribution is 14.1. The zero-order valence-electron chi connectivity index (χ0n) is 17.8. The smallest absolute Gasteiger partial charge is 0.339 e. The van der Waals surface area contributed by atoms with Crippen LogP contribution in [0, 0.1) is 14.9 Å². The van der Waals surface area contributed by atoms with Crippen LogP contribution in [0.5, 0.6) is 11.5 Å². The normalized spacial score (nSPS) is 11.4. The monoisotopic (exact) mass is 608 g/mol. The van der Waals surface area contributed by atoms with Gasteiger partial charge in [0.05, 0.1) is 11.6 Å². The second kappa shape index (κ2) is 11.4. The Hall–Kier alpha value is -3.07. The van der Waals surface area contributed by atoms with Crippen molar-refractivity contribution in [1.29, 1.82) is 5.26 Å². The SMILES string of the molecule is CCOc1cc(/C=C(\C#N)C(=O)Nc2ccc(I)cc2)cc(Cl)c1OS(=O)(=O)c1ccccc1. The van der Waals surface area contributed by atoms with Crippen molar-refractivity contribution in [1.82, 2.24) is 0 Å². The summed E-state index contributed by atoms with van der Waals surface area (Å²) in [5.41, 5.74) is 0.712. The van der Waals surface area contributed by atoms with Crippen molar-refractivity contribution in [3.8, 4) is 17.6 Å². The third-order valence-corrected chi connectivity index (χ3v) is 6.57. The van der Waals surface area contributed by atoms with Gasteiger partial charge in [-0.15, -0.1) is 0 Å². The second-order valence-electron chi connectivity index (χ2n) is 6.74. The van der Waals surface area contributed by atoms with Gasteiger partial charge in [0.1, 0.15) is 16.5 Å². The molecule has 1 N–H and O–H groups in total. The molecule has 0 unspecified atom stereocenters. The van der Waals surface area contributed by atoms with Crippen LogP contribution < -0.4 is 14.2 Å². The van der Waals surface area contributed by atoms with E-state index in [1.54, 1.807) is 37.3 Å². The van der Waals surface area contributed by atoms with Crippen molar-refractivity contribution in [3.05, 3.63) is 86.5 Å². The minimum absolute atomic E-state index is 0.0449. The molecular formula is C24H18ClIN2O5S. The Morgan fingerprint density at radius 3 is 2.44 bits per heavy atom. The molecule has 10 heteroatoms. The molecule has 0 atom stereocenters. The van der Waals surface area contributed by atoms with Crippen LogP contribution in [0.15, 0.2) is 77.2 Å². The quantitative estimate of drug-likeness (QED) is 0.153. The van der Waals surface area contributed by atoms with Crippen molar-refractivity contribution in [2.45, 2.75) is 11.8 Å². The highest BCUT2D eigenvalue weighted by Gasteiger charge is 2.22. The van der Waals surface area contributed by atoms with Gasteiger partial charge in [0, 0.05) is 9.26 Å². The van der Waals surface area contributed by atoms with E-state index in [1.807, 2.05) is 18.2 Å². The van der Waals surface area contributed by atoms with E-state index in [9.17, 15) is 18.5 Å². The molecule has 0 aliphatic rings. The van der Waals surface area contributed by atoms with E-state index < -0.39 is 16.0 Å². The molecule has 0 aliphatic carbocycles. The molecule has 0 aromatic heterocycles. The molecule has 1 amide bonds. The Bertz CT molecular complexity index is 1370. The van der Waals surface area contributed by atoms with E-state index >= 15 is 0 Å². The fraction of sp³-hybridized carbons (Fsp3) is 0.0833. The summed E-state index contributed by atoms with van der Waals surface area (Å²) in [5.74, 6) is -0.743. The number of benzene rings is 3. The Morgan fingerprint density at radius 2 is 1.82 bits per heavy atom. The van der Waals surface area contributed by atoms with Crippen LogP contribution in [-0.2, 0) is 14.9 Å². The number of carbonyl (C=O) groups is 1. The Kier molecular flexibility index (Phi) is 8.55. The standard InChI is InChI=1S/C24H18ClIN2O5S/c1-2-32-22-14-16(12-17(15-27)24(29)28-19-10-8-18(26)9-11-19)13-21(25)23(22)33-34(30,31)20-6-4-3-5-7-20/h3-14H,2H2,1H3,(H,28,29)/b17-12+. The topological polar surface area (TPSA) is 105 Å². The van der Waals surface area contributed by atoms with Gasteiger partial charge in [-0.3, -0.25) is 4.79 Å². The molecule has 3 aromatic carbocycles. The van der Waals surface area contributed by atoms with Crippen molar-refractivity contribution >= 4 is 62.0 Å². The number of hydrogen-bond donors (Lipinski definition) is 1. The molecule has 0 fully saturated rings. The molecule has 3 aromatic rings. The molecule has 0 aliphatic heterocycles. The van der Waals surface area contributed by atoms with E-state index in [1.165, 1.54) is 30.3 Å². The van der Waals surface area contributed by atoms with Gasteiger partial charge in [-0.2, -0.15) is 13.7 Å². The first-order valence-electron chi connectivity index (χ1n) is 9.88. The third-order valence-electron chi connectivity index (χ3n) is 4.33. The fourth-order valence-electron chi connectivity index (χ4n) is 2.81. The van der Waals surface area contributed by atoms with Gasteiger partial charge in [0.15, 0.2) is 5.75 Å². The van der Waals surface area contributed by atoms with E-state index in [-0.39, 0.29) is 33.6 Å². The summed E-state index contributed by atoms with van der Waals surface area (Å²) in [7, 11) is -4.17. The number of rotatable bonds is 8. The van der Waals surface area contributed by atoms with Crippen LogP contribution in [0.2, 0.25) is 5.02 Å². The zero-order chi connectivity index (χ0) is 24.7. The first-order chi connectivity index (χ1) is 16.2. The molecule has 7 nitrogen and oxygen atoms in total. The lowest BCUT2D eigenvalue weighted by atomic mass is 10.1. The van der Waals surface area contributed by atoms with E-state index in [0.717, 1.165) is 3.57 Å². The molecule has 174 valence electrons. The number of anilines is 1. The van der Waals surface area contributed by atoms with E-state index in [2.05, 4.69) is 27.9 Å². The number of halogens is 2. The number of nitrogens with one attached hydrogen (secondary N) is 1. The largest absolute Gasteiger partial charge is 0.490 e. The molecule has 0 saturated carbocycles. The zero-order valence-corrected chi connectivity index (χ0v) is 21.5. The van der Waals surface area contributed by atoms with Crippen LogP contribution >= 0.6 is 34.2 Å². The van der Waals surface area contributed by atoms with Gasteiger partial charge in [-0.25, -0.2) is 0 Å². The van der Waals surface area contributed by atoms with Gasteiger partial charge in [0.25, 0.3) is 5.91 Å². The van der Waals surface area contributed by atoms with Crippen LogP contribution in [0.3, 0.4) is 0 Å². The van der Waals surface area contributed by atoms with Crippen molar-refractivity contribution in [2.75, 3.05) is 11.9 Å². The minimum atomic E-state index is -4.17. The highest BCUT2D eigenvalue weighted by Crippen LogP contribution is 2.39. The first kappa shape index (κ1) is 25.6. The summed E-state index contributed by atoms with van der Waals surface area (Å²) < 4.78 is 37.1. The Morgan fingerprint density at radius 1 is 1.15 bits per heavy atom. The van der Waals surface area contributed by atoms with Crippen molar-refractivity contribution in [3.63, 3.8) is 0 Å². The number of nitrogens with zero attached hydrogens (tertiary/aromatic N) is 1. The highest BCUT2D eigenvalue weighted by atomic mass is 127. The Balaban J connectivity index is 1.93. The van der Waals surface area contributed by atoms with E-state index in [4.69, 9.17) is 20.5 Å². The van der Waals surface area contributed by atoms with Crippen LogP contribution in [0.1, 0.15) is 12.5 Å². The lowest BCUT2D eigenvalue weighted by molar-refractivity contribution is -0.112. The molecule has 3 rings (SSSR count).